The first-order chi connectivity index (χ1) is 23.5. The molecule has 50 heavy (non-hydrogen) atoms. The first-order valence-electron chi connectivity index (χ1n) is 14.9. The van der Waals surface area contributed by atoms with Crippen LogP contribution in [0, 0.1) is 0 Å². The Balaban J connectivity index is 1.42. The van der Waals surface area contributed by atoms with Crippen molar-refractivity contribution in [2.45, 2.75) is 44.1 Å². The third-order valence-electron chi connectivity index (χ3n) is 7.62. The highest BCUT2D eigenvalue weighted by Gasteiger charge is 2.57. The summed E-state index contributed by atoms with van der Waals surface area (Å²) < 4.78 is 44.8. The number of oxime groups is 1. The van der Waals surface area contributed by atoms with Crippen molar-refractivity contribution >= 4 is 50.4 Å². The number of carbonyl (C=O) groups excluding carboxylic acids is 2. The standard InChI is InChI=1S/C29H37N9O10S2/c1-29(2)24(26(40)38(29)48-50(43,44)45)35-25(39)23(21-15-49-28(32)34-21)36-47-22(27(41)42)14-46-20-8-5-16(6-9-20)17-4-7-19(37(3)13-17)12-33-18(10-30)11-31/h4-9,13,15,18,22,24,33H,10-12,14,30-31H2,1-3H3,(H4-,32,34,35,39,41,42,43,44,45)/b36-23-/t22-,24+/m0/s1. The number of benzene rings is 1. The van der Waals surface area contributed by atoms with Crippen LogP contribution in [-0.4, -0.2) is 95.0 Å². The summed E-state index contributed by atoms with van der Waals surface area (Å²) in [4.78, 5) is 46.9. The van der Waals surface area contributed by atoms with E-state index in [0.717, 1.165) is 28.2 Å². The topological polar surface area (TPSA) is 291 Å². The predicted molar refractivity (Wildman–Crippen MR) is 176 cm³/mol. The van der Waals surface area contributed by atoms with Crippen molar-refractivity contribution in [3.63, 3.8) is 0 Å². The molecule has 1 aromatic carbocycles. The van der Waals surface area contributed by atoms with Crippen LogP contribution < -0.4 is 37.1 Å². The van der Waals surface area contributed by atoms with Gasteiger partial charge in [0.25, 0.3) is 17.9 Å². The highest BCUT2D eigenvalue weighted by Crippen LogP contribution is 2.33. The Hall–Kier alpha value is -4.77. The molecule has 0 bridgehead atoms. The Labute approximate surface area is 290 Å². The van der Waals surface area contributed by atoms with Crippen molar-refractivity contribution in [2.75, 3.05) is 25.4 Å². The fraction of sp³-hybridized carbons (Fsp3) is 0.379. The highest BCUT2D eigenvalue weighted by molar-refractivity contribution is 7.80. The van der Waals surface area contributed by atoms with Crippen LogP contribution in [0.2, 0.25) is 0 Å². The molecule has 3 heterocycles. The van der Waals surface area contributed by atoms with E-state index >= 15 is 0 Å². The number of amides is 2. The lowest BCUT2D eigenvalue weighted by Crippen LogP contribution is -2.76. The molecule has 2 aromatic heterocycles. The Morgan fingerprint density at radius 3 is 2.38 bits per heavy atom. The predicted octanol–water partition coefficient (Wildman–Crippen LogP) is -1.66. The number of aryl methyl sites for hydroxylation is 1. The average molecular weight is 736 g/mol. The fourth-order valence-electron chi connectivity index (χ4n) is 4.70. The normalized spacial score (nSPS) is 16.5. The summed E-state index contributed by atoms with van der Waals surface area (Å²) in [5, 5.41) is 20.9. The van der Waals surface area contributed by atoms with Gasteiger partial charge in [0.15, 0.2) is 22.7 Å². The lowest BCUT2D eigenvalue weighted by molar-refractivity contribution is -0.679. The van der Waals surface area contributed by atoms with Gasteiger partial charge in [0.05, 0.1) is 12.1 Å². The second-order valence-corrected chi connectivity index (χ2v) is 13.4. The number of nitrogen functional groups attached to an aromatic ring is 1. The van der Waals surface area contributed by atoms with Crippen molar-refractivity contribution in [3.05, 3.63) is 59.4 Å². The van der Waals surface area contributed by atoms with Gasteiger partial charge < -0.3 is 47.1 Å². The minimum atomic E-state index is -5.27. The molecule has 1 fully saturated rings. The number of carboxylic acid groups (broad SMARTS) is 1. The SMILES string of the molecule is C[n+]1cc(-c2ccc(OC[C@H](O/N=C(\C(=O)N[C@@H]3C(=O)N(OS(=O)(=O)[O-])C3(C)C)c3csc(N)n3)C(=O)O)cc2)ccc1CNC(CN)CN. The Kier molecular flexibility index (Phi) is 12.1. The van der Waals surface area contributed by atoms with E-state index in [-0.39, 0.29) is 16.9 Å². The molecule has 2 atom stereocenters. The maximum absolute atomic E-state index is 13.2. The molecule has 1 aliphatic heterocycles. The van der Waals surface area contributed by atoms with E-state index in [1.165, 1.54) is 19.2 Å². The molecule has 0 aliphatic carbocycles. The molecule has 0 spiro atoms. The number of ether oxygens (including phenoxy) is 1. The molecule has 19 nitrogen and oxygen atoms in total. The Bertz CT molecular complexity index is 1850. The fourth-order valence-corrected chi connectivity index (χ4v) is 5.70. The quantitative estimate of drug-likeness (QED) is 0.0226. The third kappa shape index (κ3) is 9.26. The van der Waals surface area contributed by atoms with Crippen molar-refractivity contribution < 1.29 is 50.9 Å². The first-order valence-corrected chi connectivity index (χ1v) is 17.1. The number of aromatic nitrogens is 2. The summed E-state index contributed by atoms with van der Waals surface area (Å²) >= 11 is 0.950. The van der Waals surface area contributed by atoms with Gasteiger partial charge in [-0.25, -0.2) is 22.8 Å². The minimum Gasteiger partial charge on any atom is -0.724 e. The monoisotopic (exact) mass is 735 g/mol. The molecule has 21 heteroatoms. The van der Waals surface area contributed by atoms with Crippen molar-refractivity contribution in [3.8, 4) is 16.9 Å². The number of thiazole rings is 1. The van der Waals surface area contributed by atoms with Crippen LogP contribution in [0.25, 0.3) is 11.1 Å². The summed E-state index contributed by atoms with van der Waals surface area (Å²) in [6.07, 6.45) is 0.269. The number of carboxylic acids is 1. The number of nitrogens with two attached hydrogens (primary N) is 3. The van der Waals surface area contributed by atoms with Gasteiger partial charge in [-0.15, -0.1) is 11.3 Å². The van der Waals surface area contributed by atoms with Crippen molar-refractivity contribution in [2.24, 2.45) is 23.7 Å². The number of nitrogens with zero attached hydrogens (tertiary/aromatic N) is 4. The van der Waals surface area contributed by atoms with Gasteiger partial charge in [-0.05, 0) is 37.6 Å². The molecule has 0 saturated carbocycles. The average Bonchev–Trinajstić information content (AvgIpc) is 3.50. The molecule has 4 rings (SSSR count). The number of β-lactam (4-membered cyclic amide) rings is 1. The van der Waals surface area contributed by atoms with Gasteiger partial charge in [0.2, 0.25) is 10.4 Å². The molecule has 1 saturated heterocycles. The van der Waals surface area contributed by atoms with Crippen LogP contribution in [0.1, 0.15) is 25.2 Å². The van der Waals surface area contributed by atoms with Gasteiger partial charge in [-0.3, -0.25) is 9.59 Å². The summed E-state index contributed by atoms with van der Waals surface area (Å²) in [5.41, 5.74) is 17.8. The van der Waals surface area contributed by atoms with Gasteiger partial charge in [0.1, 0.15) is 31.1 Å². The number of hydrogen-bond donors (Lipinski definition) is 6. The number of aliphatic carboxylic acids is 1. The van der Waals surface area contributed by atoms with Gasteiger partial charge >= 0.3 is 5.97 Å². The number of anilines is 1. The molecule has 9 N–H and O–H groups in total. The number of carbonyl (C=O) groups is 3. The van der Waals surface area contributed by atoms with E-state index < -0.39 is 58.2 Å². The van der Waals surface area contributed by atoms with Crippen LogP contribution in [0.4, 0.5) is 5.13 Å². The maximum Gasteiger partial charge on any atom is 0.351 e. The van der Waals surface area contributed by atoms with E-state index in [0.29, 0.717) is 30.4 Å². The number of rotatable bonds is 17. The largest absolute Gasteiger partial charge is 0.724 e. The minimum absolute atomic E-state index is 0.0152. The van der Waals surface area contributed by atoms with Crippen LogP contribution in [0.15, 0.2) is 53.1 Å². The molecule has 3 aromatic rings. The van der Waals surface area contributed by atoms with Gasteiger partial charge in [0, 0.05) is 36.1 Å². The summed E-state index contributed by atoms with van der Waals surface area (Å²) in [6.45, 7) is 3.61. The molecular weight excluding hydrogens is 699 g/mol. The van der Waals surface area contributed by atoms with E-state index in [1.54, 1.807) is 24.3 Å². The molecule has 0 unspecified atom stereocenters. The lowest BCUT2D eigenvalue weighted by atomic mass is 9.84. The second-order valence-electron chi connectivity index (χ2n) is 11.5. The summed E-state index contributed by atoms with van der Waals surface area (Å²) in [7, 11) is -3.35. The van der Waals surface area contributed by atoms with E-state index in [1.807, 2.05) is 29.9 Å². The van der Waals surface area contributed by atoms with E-state index in [9.17, 15) is 32.5 Å². The Morgan fingerprint density at radius 2 is 1.84 bits per heavy atom. The second kappa shape index (κ2) is 15.8. The Morgan fingerprint density at radius 1 is 1.18 bits per heavy atom. The molecule has 2 amide bonds. The zero-order valence-electron chi connectivity index (χ0n) is 27.1. The van der Waals surface area contributed by atoms with E-state index in [4.69, 9.17) is 26.8 Å². The lowest BCUT2D eigenvalue weighted by Gasteiger charge is -2.51. The third-order valence-corrected chi connectivity index (χ3v) is 8.62. The maximum atomic E-state index is 13.2. The highest BCUT2D eigenvalue weighted by atomic mass is 32.3. The van der Waals surface area contributed by atoms with Crippen LogP contribution in [-0.2, 0) is 47.5 Å². The number of pyridine rings is 1. The van der Waals surface area contributed by atoms with Crippen molar-refractivity contribution in [1.29, 1.82) is 0 Å². The first kappa shape index (κ1) is 38.0. The van der Waals surface area contributed by atoms with Crippen LogP contribution in [0.5, 0.6) is 5.75 Å². The summed E-state index contributed by atoms with van der Waals surface area (Å²) in [6, 6.07) is 9.50. The number of hydroxylamine groups is 2. The van der Waals surface area contributed by atoms with Crippen molar-refractivity contribution in [1.82, 2.24) is 20.7 Å². The zero-order valence-corrected chi connectivity index (χ0v) is 28.8. The number of hydrogen-bond acceptors (Lipinski definition) is 16. The molecule has 0 radical (unpaired) electrons. The van der Waals surface area contributed by atoms with Crippen LogP contribution in [0.3, 0.4) is 0 Å². The van der Waals surface area contributed by atoms with Gasteiger partial charge in [-0.1, -0.05) is 17.3 Å². The molecule has 1 aliphatic rings. The summed E-state index contributed by atoms with van der Waals surface area (Å²) in [5.74, 6) is -3.21. The van der Waals surface area contributed by atoms with Crippen LogP contribution >= 0.6 is 11.3 Å². The van der Waals surface area contributed by atoms with Gasteiger partial charge in [-0.2, -0.15) is 9.35 Å². The zero-order chi connectivity index (χ0) is 36.8. The molecular formula is C29H37N9O10S2. The number of nitrogens with one attached hydrogen (secondary N) is 2. The molecule has 270 valence electrons. The van der Waals surface area contributed by atoms with E-state index in [2.05, 4.69) is 25.1 Å². The smallest absolute Gasteiger partial charge is 0.351 e.